The molecule has 4 nitrogen and oxygen atoms in total. The van der Waals surface area contributed by atoms with Crippen LogP contribution in [0.2, 0.25) is 0 Å². The van der Waals surface area contributed by atoms with Crippen molar-refractivity contribution in [1.29, 1.82) is 0 Å². The molecule has 4 heteroatoms. The summed E-state index contributed by atoms with van der Waals surface area (Å²) in [6.07, 6.45) is 4.56. The van der Waals surface area contributed by atoms with Crippen LogP contribution in [-0.4, -0.2) is 29.8 Å². The molecule has 0 atom stereocenters. The van der Waals surface area contributed by atoms with Crippen LogP contribution in [0.15, 0.2) is 24.3 Å². The van der Waals surface area contributed by atoms with Crippen molar-refractivity contribution in [2.45, 2.75) is 6.42 Å². The van der Waals surface area contributed by atoms with E-state index in [1.807, 2.05) is 13.1 Å². The Labute approximate surface area is 94.2 Å². The molecule has 0 unspecified atom stereocenters. The summed E-state index contributed by atoms with van der Waals surface area (Å²) in [6.45, 7) is 0.866. The molecular formula is C12H15NO3. The summed E-state index contributed by atoms with van der Waals surface area (Å²) in [5, 5.41) is 21.3. The molecular weight excluding hydrogens is 206 g/mol. The number of aromatic carboxylic acids is 1. The van der Waals surface area contributed by atoms with E-state index in [2.05, 4.69) is 5.32 Å². The third-order valence-electron chi connectivity index (χ3n) is 2.14. The Morgan fingerprint density at radius 1 is 1.50 bits per heavy atom. The third kappa shape index (κ3) is 3.40. The molecule has 0 saturated carbocycles. The number of hydrogen-bond donors (Lipinski definition) is 3. The molecule has 0 heterocycles. The van der Waals surface area contributed by atoms with Crippen molar-refractivity contribution >= 4 is 12.0 Å². The maximum absolute atomic E-state index is 10.6. The predicted octanol–water partition coefficient (Wildman–Crippen LogP) is 1.71. The van der Waals surface area contributed by atoms with Gasteiger partial charge in [0.25, 0.3) is 0 Å². The van der Waals surface area contributed by atoms with Gasteiger partial charge in [-0.2, -0.15) is 0 Å². The molecule has 0 fully saturated rings. The van der Waals surface area contributed by atoms with Crippen LogP contribution < -0.4 is 5.32 Å². The van der Waals surface area contributed by atoms with E-state index in [0.29, 0.717) is 5.56 Å². The van der Waals surface area contributed by atoms with Crippen molar-refractivity contribution < 1.29 is 15.0 Å². The molecule has 1 aromatic rings. The highest BCUT2D eigenvalue weighted by molar-refractivity contribution is 5.88. The van der Waals surface area contributed by atoms with Crippen LogP contribution in [0.25, 0.3) is 6.08 Å². The molecule has 0 aromatic heterocycles. The molecule has 0 amide bonds. The van der Waals surface area contributed by atoms with Gasteiger partial charge in [-0.3, -0.25) is 0 Å². The lowest BCUT2D eigenvalue weighted by Gasteiger charge is -2.00. The van der Waals surface area contributed by atoms with Gasteiger partial charge >= 0.3 is 5.97 Å². The summed E-state index contributed by atoms with van der Waals surface area (Å²) in [4.78, 5) is 10.6. The Kier molecular flexibility index (Phi) is 4.54. The van der Waals surface area contributed by atoms with Gasteiger partial charge in [0.05, 0.1) is 5.56 Å². The van der Waals surface area contributed by atoms with Crippen LogP contribution in [0.4, 0.5) is 0 Å². The Morgan fingerprint density at radius 3 is 2.81 bits per heavy atom. The largest absolute Gasteiger partial charge is 0.507 e. The first kappa shape index (κ1) is 12.3. The zero-order valence-electron chi connectivity index (χ0n) is 9.10. The SMILES string of the molecule is CNCCC=Cc1ccc(C(=O)O)cc1O. The van der Waals surface area contributed by atoms with E-state index in [-0.39, 0.29) is 11.3 Å². The molecule has 1 aromatic carbocycles. The number of carboxylic acid groups (broad SMARTS) is 1. The van der Waals surface area contributed by atoms with Crippen molar-refractivity contribution in [3.05, 3.63) is 35.4 Å². The first-order valence-electron chi connectivity index (χ1n) is 5.02. The average Bonchev–Trinajstić information content (AvgIpc) is 2.26. The summed E-state index contributed by atoms with van der Waals surface area (Å²) in [6, 6.07) is 4.31. The number of benzene rings is 1. The zero-order valence-corrected chi connectivity index (χ0v) is 9.10. The van der Waals surface area contributed by atoms with Crippen molar-refractivity contribution in [1.82, 2.24) is 5.32 Å². The first-order valence-corrected chi connectivity index (χ1v) is 5.02. The maximum Gasteiger partial charge on any atom is 0.335 e. The number of phenolic OH excluding ortho intramolecular Hbond substituents is 1. The Balaban J connectivity index is 2.75. The molecule has 0 aliphatic heterocycles. The summed E-state index contributed by atoms with van der Waals surface area (Å²) in [7, 11) is 1.87. The summed E-state index contributed by atoms with van der Waals surface area (Å²) in [5.74, 6) is -1.05. The van der Waals surface area contributed by atoms with E-state index in [1.54, 1.807) is 12.1 Å². The summed E-state index contributed by atoms with van der Waals surface area (Å²) in [5.41, 5.74) is 0.714. The van der Waals surface area contributed by atoms with E-state index in [4.69, 9.17) is 5.11 Å². The number of carbonyl (C=O) groups is 1. The number of phenols is 1. The molecule has 86 valence electrons. The number of nitrogens with one attached hydrogen (secondary N) is 1. The molecule has 0 bridgehead atoms. The quantitative estimate of drug-likeness (QED) is 0.662. The fraction of sp³-hybridized carbons (Fsp3) is 0.250. The highest BCUT2D eigenvalue weighted by atomic mass is 16.4. The minimum Gasteiger partial charge on any atom is -0.507 e. The predicted molar refractivity (Wildman–Crippen MR) is 62.6 cm³/mol. The third-order valence-corrected chi connectivity index (χ3v) is 2.14. The standard InChI is InChI=1S/C12H15NO3/c1-13-7-3-2-4-9-5-6-10(12(15)16)8-11(9)14/h2,4-6,8,13-14H,3,7H2,1H3,(H,15,16). The zero-order chi connectivity index (χ0) is 12.0. The lowest BCUT2D eigenvalue weighted by atomic mass is 10.1. The molecule has 1 rings (SSSR count). The minimum absolute atomic E-state index is 0.0133. The van der Waals surface area contributed by atoms with Crippen molar-refractivity contribution in [3.8, 4) is 5.75 Å². The molecule has 0 spiro atoms. The monoisotopic (exact) mass is 221 g/mol. The average molecular weight is 221 g/mol. The summed E-state index contributed by atoms with van der Waals surface area (Å²) >= 11 is 0. The van der Waals surface area contributed by atoms with Gasteiger partial charge in [0.2, 0.25) is 0 Å². The molecule has 0 radical (unpaired) electrons. The second-order valence-corrected chi connectivity index (χ2v) is 3.37. The highest BCUT2D eigenvalue weighted by Gasteiger charge is 2.05. The van der Waals surface area contributed by atoms with Crippen LogP contribution in [-0.2, 0) is 0 Å². The van der Waals surface area contributed by atoms with Gasteiger partial charge in [-0.15, -0.1) is 0 Å². The van der Waals surface area contributed by atoms with Gasteiger partial charge < -0.3 is 15.5 Å². The molecule has 0 aliphatic carbocycles. The fourth-order valence-electron chi connectivity index (χ4n) is 1.26. The van der Waals surface area contributed by atoms with E-state index >= 15 is 0 Å². The van der Waals surface area contributed by atoms with Gasteiger partial charge in [-0.1, -0.05) is 18.2 Å². The van der Waals surface area contributed by atoms with Crippen LogP contribution in [0.5, 0.6) is 5.75 Å². The van der Waals surface area contributed by atoms with Crippen LogP contribution >= 0.6 is 0 Å². The van der Waals surface area contributed by atoms with E-state index in [9.17, 15) is 9.90 Å². The van der Waals surface area contributed by atoms with E-state index in [0.717, 1.165) is 13.0 Å². The normalized spacial score (nSPS) is 10.8. The number of rotatable bonds is 5. The number of aromatic hydroxyl groups is 1. The molecule has 3 N–H and O–H groups in total. The van der Waals surface area contributed by atoms with Gasteiger partial charge in [0, 0.05) is 5.56 Å². The topological polar surface area (TPSA) is 69.6 Å². The molecule has 0 saturated heterocycles. The van der Waals surface area contributed by atoms with Gasteiger partial charge in [-0.25, -0.2) is 4.79 Å². The highest BCUT2D eigenvalue weighted by Crippen LogP contribution is 2.20. The second-order valence-electron chi connectivity index (χ2n) is 3.37. The summed E-state index contributed by atoms with van der Waals surface area (Å²) < 4.78 is 0. The van der Waals surface area contributed by atoms with E-state index in [1.165, 1.54) is 12.1 Å². The Morgan fingerprint density at radius 2 is 2.25 bits per heavy atom. The van der Waals surface area contributed by atoms with Crippen molar-refractivity contribution in [2.75, 3.05) is 13.6 Å². The van der Waals surface area contributed by atoms with Gasteiger partial charge in [0.1, 0.15) is 5.75 Å². The van der Waals surface area contributed by atoms with Crippen LogP contribution in [0, 0.1) is 0 Å². The lowest BCUT2D eigenvalue weighted by Crippen LogP contribution is -2.05. The Bertz CT molecular complexity index is 399. The minimum atomic E-state index is -1.04. The lowest BCUT2D eigenvalue weighted by molar-refractivity contribution is 0.0696. The van der Waals surface area contributed by atoms with Crippen LogP contribution in [0.3, 0.4) is 0 Å². The first-order chi connectivity index (χ1) is 7.65. The number of carboxylic acids is 1. The van der Waals surface area contributed by atoms with Crippen molar-refractivity contribution in [3.63, 3.8) is 0 Å². The van der Waals surface area contributed by atoms with Gasteiger partial charge in [0.15, 0.2) is 0 Å². The van der Waals surface area contributed by atoms with Crippen LogP contribution in [0.1, 0.15) is 22.3 Å². The molecule has 16 heavy (non-hydrogen) atoms. The van der Waals surface area contributed by atoms with Gasteiger partial charge in [-0.05, 0) is 32.1 Å². The fourth-order valence-corrected chi connectivity index (χ4v) is 1.26. The molecule has 0 aliphatic rings. The smallest absolute Gasteiger partial charge is 0.335 e. The maximum atomic E-state index is 10.6. The number of hydrogen-bond acceptors (Lipinski definition) is 3. The van der Waals surface area contributed by atoms with E-state index < -0.39 is 5.97 Å². The second kappa shape index (κ2) is 5.92. The Hall–Kier alpha value is -1.81. The van der Waals surface area contributed by atoms with Crippen molar-refractivity contribution in [2.24, 2.45) is 0 Å².